The van der Waals surface area contributed by atoms with Gasteiger partial charge in [-0.2, -0.15) is 15.9 Å². The Labute approximate surface area is 451 Å². The number of aromatic nitrogens is 2. The smallest absolute Gasteiger partial charge is 0.857 e. The van der Waals surface area contributed by atoms with Crippen molar-refractivity contribution in [3.05, 3.63) is 152 Å². The average Bonchev–Trinajstić information content (AvgIpc) is 4.02. The second-order valence-corrected chi connectivity index (χ2v) is 21.0. The number of thiophene rings is 2. The first kappa shape index (κ1) is 58.3. The van der Waals surface area contributed by atoms with Gasteiger partial charge in [0.05, 0.1) is 6.10 Å². The molecular formula is C52H57F2N2NaO10S4. The van der Waals surface area contributed by atoms with E-state index in [0.717, 1.165) is 72.7 Å². The van der Waals surface area contributed by atoms with E-state index in [1.165, 1.54) is 60.6 Å². The summed E-state index contributed by atoms with van der Waals surface area (Å²) in [5.74, 6) is -2.11. The number of benzene rings is 2. The Kier molecular flexibility index (Phi) is 22.2. The van der Waals surface area contributed by atoms with Gasteiger partial charge in [-0.15, -0.1) is 46.2 Å². The van der Waals surface area contributed by atoms with Crippen molar-refractivity contribution in [2.45, 2.75) is 101 Å². The molecule has 2 saturated heterocycles. The van der Waals surface area contributed by atoms with Crippen LogP contribution >= 0.6 is 46.2 Å². The Bertz CT molecular complexity index is 2670. The summed E-state index contributed by atoms with van der Waals surface area (Å²) in [5.41, 5.74) is 6.90. The van der Waals surface area contributed by atoms with Gasteiger partial charge in [0.15, 0.2) is 6.10 Å². The Morgan fingerprint density at radius 3 is 1.54 bits per heavy atom. The Balaban J connectivity index is 0.000000255. The monoisotopic (exact) mass is 1060 g/mol. The predicted molar refractivity (Wildman–Crippen MR) is 269 cm³/mol. The van der Waals surface area contributed by atoms with Crippen LogP contribution in [0.15, 0.2) is 97.3 Å². The van der Waals surface area contributed by atoms with Gasteiger partial charge < -0.3 is 39.4 Å². The van der Waals surface area contributed by atoms with E-state index < -0.39 is 71.3 Å². The number of ether oxygens (including phenoxy) is 4. The summed E-state index contributed by atoms with van der Waals surface area (Å²) in [4.78, 5) is 35.5. The van der Waals surface area contributed by atoms with E-state index in [9.17, 15) is 33.7 Å². The number of rotatable bonds is 12. The zero-order chi connectivity index (χ0) is 50.8. The van der Waals surface area contributed by atoms with Crippen LogP contribution in [0.5, 0.6) is 0 Å². The van der Waals surface area contributed by atoms with Crippen LogP contribution < -0.4 is 34.7 Å². The van der Waals surface area contributed by atoms with Crippen LogP contribution in [0.3, 0.4) is 0 Å². The van der Waals surface area contributed by atoms with Gasteiger partial charge in [-0.3, -0.25) is 9.59 Å². The average molecular weight is 1060 g/mol. The van der Waals surface area contributed by atoms with Crippen LogP contribution in [0.2, 0.25) is 0 Å². The SMILES string of the molecule is CS[C@H]1OC(c2ccc(C)c(Cc3ccc(-c4ccc(F)nc4)s3)c2)[C@H](C)[C@@H](OC(C)=O)[C@@H]1OC(C)=O.CS[C@H]1OC(c2ccc(C)c(Cc3ccc(-c4ccc(F)nc4)s3)c2)[C@H](O)[C@@H](O)[C@@H]1O.C[O-].[Na+]. The second kappa shape index (κ2) is 27.1. The molecule has 0 amide bonds. The van der Waals surface area contributed by atoms with Gasteiger partial charge in [0.25, 0.3) is 0 Å². The molecule has 8 rings (SSSR count). The van der Waals surface area contributed by atoms with E-state index >= 15 is 0 Å². The van der Waals surface area contributed by atoms with E-state index in [1.54, 1.807) is 47.3 Å². The number of aliphatic hydroxyl groups is 3. The van der Waals surface area contributed by atoms with Crippen molar-refractivity contribution in [2.24, 2.45) is 5.92 Å². The summed E-state index contributed by atoms with van der Waals surface area (Å²) in [7, 11) is 0.750. The van der Waals surface area contributed by atoms with E-state index in [-0.39, 0.29) is 41.6 Å². The summed E-state index contributed by atoms with van der Waals surface area (Å²) in [6, 6.07) is 26.4. The Morgan fingerprint density at radius 1 is 0.648 bits per heavy atom. The molecule has 2 aliphatic heterocycles. The molecule has 2 unspecified atom stereocenters. The zero-order valence-corrected chi connectivity index (χ0v) is 46.2. The molecular weight excluding hydrogens is 1000 g/mol. The van der Waals surface area contributed by atoms with Gasteiger partial charge in [-0.1, -0.05) is 43.3 Å². The Morgan fingerprint density at radius 2 is 1.10 bits per heavy atom. The van der Waals surface area contributed by atoms with Gasteiger partial charge in [0.1, 0.15) is 41.4 Å². The number of halogens is 2. The summed E-state index contributed by atoms with van der Waals surface area (Å²) in [6.45, 7) is 8.75. The van der Waals surface area contributed by atoms with Crippen molar-refractivity contribution in [1.29, 1.82) is 0 Å². The predicted octanol–water partition coefficient (Wildman–Crippen LogP) is 5.78. The van der Waals surface area contributed by atoms with Gasteiger partial charge >= 0.3 is 41.5 Å². The minimum Gasteiger partial charge on any atom is -0.857 e. The minimum atomic E-state index is -1.27. The summed E-state index contributed by atoms with van der Waals surface area (Å²) >= 11 is 5.99. The largest absolute Gasteiger partial charge is 1.00 e. The van der Waals surface area contributed by atoms with E-state index in [2.05, 4.69) is 35.1 Å². The summed E-state index contributed by atoms with van der Waals surface area (Å²) in [6.07, 6.45) is 2.14. The molecule has 12 nitrogen and oxygen atoms in total. The third-order valence-electron chi connectivity index (χ3n) is 12.0. The molecule has 19 heteroatoms. The van der Waals surface area contributed by atoms with Crippen LogP contribution in [0.25, 0.3) is 20.9 Å². The van der Waals surface area contributed by atoms with Crippen molar-refractivity contribution in [1.82, 2.24) is 9.97 Å². The van der Waals surface area contributed by atoms with Gasteiger partial charge in [0.2, 0.25) is 11.9 Å². The van der Waals surface area contributed by atoms with Crippen LogP contribution in [0.1, 0.15) is 76.1 Å². The molecule has 374 valence electrons. The number of aryl methyl sites for hydroxylation is 2. The Hall–Kier alpha value is -3.60. The van der Waals surface area contributed by atoms with Crippen LogP contribution in [0.4, 0.5) is 8.78 Å². The molecule has 0 bridgehead atoms. The van der Waals surface area contributed by atoms with Gasteiger partial charge in [0, 0.05) is 75.6 Å². The fraction of sp³-hybridized carbons (Fsp3) is 0.385. The molecule has 6 heterocycles. The number of hydrogen-bond donors (Lipinski definition) is 3. The molecule has 3 N–H and O–H groups in total. The first-order chi connectivity index (χ1) is 33.5. The van der Waals surface area contributed by atoms with Crippen LogP contribution in [0, 0.1) is 31.7 Å². The molecule has 0 spiro atoms. The molecule has 2 aliphatic rings. The van der Waals surface area contributed by atoms with Gasteiger partial charge in [-0.05, 0) is 108 Å². The molecule has 0 saturated carbocycles. The molecule has 0 aliphatic carbocycles. The second-order valence-electron chi connectivity index (χ2n) is 16.8. The van der Waals surface area contributed by atoms with Crippen molar-refractivity contribution in [3.8, 4) is 20.9 Å². The van der Waals surface area contributed by atoms with Crippen molar-refractivity contribution in [3.63, 3.8) is 0 Å². The van der Waals surface area contributed by atoms with Crippen LogP contribution in [-0.2, 0) is 41.4 Å². The fourth-order valence-corrected chi connectivity index (χ4v) is 11.8. The van der Waals surface area contributed by atoms with Crippen molar-refractivity contribution < 1.29 is 87.3 Å². The van der Waals surface area contributed by atoms with E-state index in [1.807, 2.05) is 62.6 Å². The first-order valence-electron chi connectivity index (χ1n) is 22.3. The minimum absolute atomic E-state index is 0. The number of thioether (sulfide) groups is 2. The number of carbonyl (C=O) groups excluding carboxylic acids is 2. The number of hydrogen-bond acceptors (Lipinski definition) is 16. The number of aliphatic hydroxyl groups excluding tert-OH is 3. The quantitative estimate of drug-likeness (QED) is 0.0763. The third-order valence-corrected chi connectivity index (χ3v) is 16.0. The van der Waals surface area contributed by atoms with Crippen molar-refractivity contribution >= 4 is 58.1 Å². The summed E-state index contributed by atoms with van der Waals surface area (Å²) in [5, 5.41) is 39.1. The summed E-state index contributed by atoms with van der Waals surface area (Å²) < 4.78 is 49.8. The van der Waals surface area contributed by atoms with Crippen LogP contribution in [-0.4, -0.2) is 98.2 Å². The van der Waals surface area contributed by atoms with Gasteiger partial charge in [-0.25, -0.2) is 9.97 Å². The molecule has 4 aromatic heterocycles. The number of pyridine rings is 2. The topological polar surface area (TPSA) is 181 Å². The molecule has 10 atom stereocenters. The fourth-order valence-electron chi connectivity index (χ4n) is 8.33. The van der Waals surface area contributed by atoms with Crippen molar-refractivity contribution in [2.75, 3.05) is 19.6 Å². The third kappa shape index (κ3) is 14.8. The maximum Gasteiger partial charge on any atom is 1.00 e. The molecule has 71 heavy (non-hydrogen) atoms. The maximum atomic E-state index is 13.2. The first-order valence-corrected chi connectivity index (χ1v) is 26.5. The normalized spacial score (nSPS) is 23.7. The van der Waals surface area contributed by atoms with E-state index in [4.69, 9.17) is 24.1 Å². The number of esters is 2. The standard InChI is InChI=1S/C28H30FNO5S2.C23H24FNO4S2.CH3O.Na/c1-15-6-7-19(12-21(15)13-22-9-10-23(37-22)20-8-11-24(29)30-14-20)25-16(2)26(33-17(3)31)27(34-18(4)32)28(35-25)36-5;1-12-3-4-13(22-20(27)19(26)21(28)23(29-22)30-2)9-15(12)10-16-6-7-17(31-16)14-5-8-18(24)25-11-14;1-2;/h6-12,14,16,25-28H,13H2,1-5H3;3-9,11,19-23,26-28H,10H2,1-2H3;1H3;/q;;-1;+1/t16-,25?,26+,27-,28+;19-,20-,21+,22?,23-;;/m01../s1. The van der Waals surface area contributed by atoms with E-state index in [0.29, 0.717) is 6.42 Å². The maximum absolute atomic E-state index is 13.2. The number of nitrogens with zero attached hydrogens (tertiary/aromatic N) is 2. The number of carbonyl (C=O) groups is 2. The molecule has 0 radical (unpaired) electrons. The zero-order valence-electron chi connectivity index (χ0n) is 40.9. The molecule has 2 fully saturated rings. The molecule has 6 aromatic rings. The molecule has 2 aromatic carbocycles.